The summed E-state index contributed by atoms with van der Waals surface area (Å²) in [5.74, 6) is 1.55. The number of carbonyl (C=O) groups is 4. The van der Waals surface area contributed by atoms with Crippen molar-refractivity contribution >= 4 is 34.9 Å². The second-order valence-corrected chi connectivity index (χ2v) is 18.1. The van der Waals surface area contributed by atoms with Gasteiger partial charge in [0.25, 0.3) is 0 Å². The van der Waals surface area contributed by atoms with Crippen LogP contribution in [-0.2, 0) is 19.1 Å². The van der Waals surface area contributed by atoms with E-state index >= 15 is 0 Å². The Morgan fingerprint density at radius 2 is 1.51 bits per heavy atom. The quantitative estimate of drug-likeness (QED) is 0.0733. The lowest BCUT2D eigenvalue weighted by Gasteiger charge is -2.33. The van der Waals surface area contributed by atoms with E-state index in [1.165, 1.54) is 14.2 Å². The van der Waals surface area contributed by atoms with Crippen LogP contribution in [0.4, 0.5) is 9.59 Å². The van der Waals surface area contributed by atoms with E-state index in [1.807, 2.05) is 76.9 Å². The van der Waals surface area contributed by atoms with Crippen molar-refractivity contribution in [1.29, 1.82) is 0 Å². The Balaban J connectivity index is 1.08. The summed E-state index contributed by atoms with van der Waals surface area (Å²) >= 11 is 0. The molecule has 2 aliphatic heterocycles. The number of nitrogens with one attached hydrogen (secondary N) is 4. The van der Waals surface area contributed by atoms with Gasteiger partial charge < -0.3 is 49.2 Å². The highest BCUT2D eigenvalue weighted by Gasteiger charge is 2.39. The minimum atomic E-state index is -0.753. The van der Waals surface area contributed by atoms with Gasteiger partial charge in [-0.15, -0.1) is 0 Å². The third-order valence-electron chi connectivity index (χ3n) is 13.6. The van der Waals surface area contributed by atoms with Crippen molar-refractivity contribution in [3.05, 3.63) is 102 Å². The van der Waals surface area contributed by atoms with Gasteiger partial charge in [0.15, 0.2) is 0 Å². The normalized spacial score (nSPS) is 16.7. The molecule has 1 saturated heterocycles. The smallest absolute Gasteiger partial charge is 0.407 e. The van der Waals surface area contributed by atoms with Crippen LogP contribution in [0.3, 0.4) is 0 Å². The summed E-state index contributed by atoms with van der Waals surface area (Å²) in [5.41, 5.74) is 7.37. The Kier molecular flexibility index (Phi) is 14.2. The number of aromatic nitrogens is 5. The van der Waals surface area contributed by atoms with E-state index < -0.39 is 36.5 Å². The molecule has 5 unspecified atom stereocenters. The van der Waals surface area contributed by atoms with Crippen LogP contribution in [0, 0.1) is 11.8 Å². The Morgan fingerprint density at radius 3 is 2.21 bits per heavy atom. The highest BCUT2D eigenvalue weighted by molar-refractivity contribution is 5.93. The molecule has 0 spiro atoms. The molecule has 0 saturated carbocycles. The number of H-pyrrole nitrogens is 2. The molecule has 8 rings (SSSR count). The number of aromatic amines is 2. The first kappa shape index (κ1) is 47.4. The van der Waals surface area contributed by atoms with Crippen molar-refractivity contribution in [2.45, 2.75) is 104 Å². The number of hydrogen-bond acceptors (Lipinski definition) is 9. The van der Waals surface area contributed by atoms with E-state index in [9.17, 15) is 19.2 Å². The van der Waals surface area contributed by atoms with Gasteiger partial charge >= 0.3 is 12.2 Å². The number of ether oxygens (including phenoxy) is 3. The van der Waals surface area contributed by atoms with E-state index in [-0.39, 0.29) is 29.7 Å². The van der Waals surface area contributed by atoms with Crippen molar-refractivity contribution < 1.29 is 33.4 Å². The van der Waals surface area contributed by atoms with Crippen molar-refractivity contribution in [2.24, 2.45) is 11.8 Å². The number of rotatable bonds is 16. The summed E-state index contributed by atoms with van der Waals surface area (Å²) in [4.78, 5) is 72.7. The first-order chi connectivity index (χ1) is 32.9. The number of benzene rings is 3. The lowest BCUT2D eigenvalue weighted by atomic mass is 9.93. The average Bonchev–Trinajstić information content (AvgIpc) is 4.20. The summed E-state index contributed by atoms with van der Waals surface area (Å²) in [7, 11) is 2.60. The van der Waals surface area contributed by atoms with E-state index in [0.29, 0.717) is 24.7 Å². The largest absolute Gasteiger partial charge is 0.465 e. The second kappa shape index (κ2) is 20.4. The number of imidazole rings is 2. The van der Waals surface area contributed by atoms with Crippen LogP contribution < -0.4 is 15.4 Å². The molecule has 2 aliphatic rings. The van der Waals surface area contributed by atoms with Crippen molar-refractivity contribution in [3.8, 4) is 39.5 Å². The molecular formula is C52H63N9O7. The van der Waals surface area contributed by atoms with Gasteiger partial charge in [-0.1, -0.05) is 89.9 Å². The molecule has 358 valence electrons. The number of carbonyl (C=O) groups excluding carboxylic acids is 4. The third-order valence-corrected chi connectivity index (χ3v) is 13.6. The minimum absolute atomic E-state index is 0.0325. The highest BCUT2D eigenvalue weighted by atomic mass is 16.5. The predicted octanol–water partition coefficient (Wildman–Crippen LogP) is 9.53. The van der Waals surface area contributed by atoms with Gasteiger partial charge in [-0.2, -0.15) is 0 Å². The summed E-state index contributed by atoms with van der Waals surface area (Å²) in [5, 5.41) is 6.55. The molecule has 0 aliphatic carbocycles. The maximum Gasteiger partial charge on any atom is 0.407 e. The Morgan fingerprint density at radius 1 is 0.838 bits per heavy atom. The molecule has 0 radical (unpaired) electrons. The Labute approximate surface area is 397 Å². The summed E-state index contributed by atoms with van der Waals surface area (Å²) in [6.07, 6.45) is 5.67. The van der Waals surface area contributed by atoms with Crippen LogP contribution in [-0.4, -0.2) is 97.7 Å². The van der Waals surface area contributed by atoms with E-state index in [4.69, 9.17) is 24.2 Å². The SMILES string of the molecule is CCCN(C(=O)C(NC(=O)OC)C(C)C)C(C)c1ncc(-c2ccc3c(c2)cc2n3C(c3ccccc3)Oc3cc(-c4cnc(C5CCCN5C(=O)C(NC(=O)OC)C(CC)CC)[nH]4)ccc3-2)[nH]1. The number of hydrogen-bond donors (Lipinski definition) is 4. The zero-order valence-electron chi connectivity index (χ0n) is 40.2. The van der Waals surface area contributed by atoms with Gasteiger partial charge in [-0.3, -0.25) is 9.59 Å². The molecule has 5 atom stereocenters. The molecule has 68 heavy (non-hydrogen) atoms. The van der Waals surface area contributed by atoms with E-state index in [2.05, 4.69) is 73.7 Å². The monoisotopic (exact) mass is 925 g/mol. The fraction of sp³-hybridized carbons (Fsp3) is 0.423. The number of likely N-dealkylation sites (tertiary alicyclic amines) is 1. The van der Waals surface area contributed by atoms with Gasteiger partial charge in [0, 0.05) is 40.7 Å². The second-order valence-electron chi connectivity index (χ2n) is 18.1. The molecule has 4 amide bonds. The summed E-state index contributed by atoms with van der Waals surface area (Å²) in [6.45, 7) is 12.9. The molecule has 0 bridgehead atoms. The van der Waals surface area contributed by atoms with Gasteiger partial charge in [0.05, 0.1) is 61.3 Å². The van der Waals surface area contributed by atoms with Gasteiger partial charge in [-0.25, -0.2) is 19.6 Å². The van der Waals surface area contributed by atoms with Crippen molar-refractivity contribution in [2.75, 3.05) is 27.3 Å². The first-order valence-corrected chi connectivity index (χ1v) is 23.8. The van der Waals surface area contributed by atoms with Crippen LogP contribution in [0.2, 0.25) is 0 Å². The number of nitrogens with zero attached hydrogens (tertiary/aromatic N) is 5. The number of methoxy groups -OCH3 is 2. The summed E-state index contributed by atoms with van der Waals surface area (Å²) < 4.78 is 18.9. The van der Waals surface area contributed by atoms with Crippen molar-refractivity contribution in [3.63, 3.8) is 0 Å². The molecule has 6 aromatic rings. The molecule has 16 heteroatoms. The lowest BCUT2D eigenvalue weighted by molar-refractivity contribution is -0.137. The standard InChI is InChI=1S/C52H63N9O7/c1-9-23-59(48(62)44(30(4)5)57-51(64)66-7)31(6)46-53-28-38(55-46)34-20-22-40-36(25-34)26-42-37-21-19-35(27-43(37)68-50(61(40)42)33-16-13-12-14-17-33)39-29-54-47(56-39)41-18-15-24-60(41)49(63)45(32(10-2)11-3)58-52(65)67-8/h12-14,16-17,19-22,25-32,41,44-45,50H,9-11,15,18,23-24H2,1-8H3,(H,53,55)(H,54,56)(H,57,64)(H,58,65). The average molecular weight is 926 g/mol. The molecular weight excluding hydrogens is 863 g/mol. The zero-order chi connectivity index (χ0) is 48.2. The van der Waals surface area contributed by atoms with Crippen LogP contribution in [0.15, 0.2) is 85.2 Å². The Hall–Kier alpha value is -7.10. The topological polar surface area (TPSA) is 189 Å². The third kappa shape index (κ3) is 9.28. The molecule has 1 fully saturated rings. The maximum absolute atomic E-state index is 14.1. The number of alkyl carbamates (subject to hydrolysis) is 2. The summed E-state index contributed by atoms with van der Waals surface area (Å²) in [6, 6.07) is 22.8. The van der Waals surface area contributed by atoms with Crippen LogP contribution in [0.1, 0.15) is 109 Å². The predicted molar refractivity (Wildman–Crippen MR) is 259 cm³/mol. The van der Waals surface area contributed by atoms with Gasteiger partial charge in [0.1, 0.15) is 29.5 Å². The van der Waals surface area contributed by atoms with Crippen LogP contribution in [0.25, 0.3) is 44.7 Å². The first-order valence-electron chi connectivity index (χ1n) is 23.8. The fourth-order valence-electron chi connectivity index (χ4n) is 9.80. The highest BCUT2D eigenvalue weighted by Crippen LogP contribution is 2.46. The Bertz CT molecular complexity index is 2760. The molecule has 5 heterocycles. The van der Waals surface area contributed by atoms with Gasteiger partial charge in [-0.05, 0) is 68.4 Å². The number of amides is 4. The van der Waals surface area contributed by atoms with Crippen molar-refractivity contribution in [1.82, 2.24) is 44.9 Å². The molecule has 3 aromatic carbocycles. The van der Waals surface area contributed by atoms with E-state index in [1.54, 1.807) is 11.1 Å². The molecule has 4 N–H and O–H groups in total. The van der Waals surface area contributed by atoms with Crippen LogP contribution in [0.5, 0.6) is 5.75 Å². The van der Waals surface area contributed by atoms with E-state index in [0.717, 1.165) is 88.1 Å². The minimum Gasteiger partial charge on any atom is -0.465 e. The number of fused-ring (bicyclic) bond motifs is 5. The zero-order valence-corrected chi connectivity index (χ0v) is 40.2. The van der Waals surface area contributed by atoms with Crippen LogP contribution >= 0.6 is 0 Å². The molecule has 3 aromatic heterocycles. The molecule has 16 nitrogen and oxygen atoms in total. The fourth-order valence-corrected chi connectivity index (χ4v) is 9.80. The maximum atomic E-state index is 14.1. The van der Waals surface area contributed by atoms with Gasteiger partial charge in [0.2, 0.25) is 18.0 Å². The lowest BCUT2D eigenvalue weighted by Crippen LogP contribution is -2.52.